The molecule has 1 aliphatic heterocycles. The summed E-state index contributed by atoms with van der Waals surface area (Å²) < 4.78 is 0. The number of carbonyl (C=O) groups excluding carboxylic acids is 2. The largest absolute Gasteiger partial charge is 0.352 e. The average Bonchev–Trinajstić information content (AvgIpc) is 3.29. The lowest BCUT2D eigenvalue weighted by atomic mass is 9.96. The van der Waals surface area contributed by atoms with Gasteiger partial charge in [-0.25, -0.2) is 0 Å². The number of pyridine rings is 1. The molecule has 1 fully saturated rings. The molecule has 1 saturated heterocycles. The lowest BCUT2D eigenvalue weighted by Crippen LogP contribution is -2.45. The third kappa shape index (κ3) is 4.51. The van der Waals surface area contributed by atoms with E-state index in [1.54, 1.807) is 17.2 Å². The van der Waals surface area contributed by atoms with E-state index in [0.717, 1.165) is 18.4 Å². The van der Waals surface area contributed by atoms with E-state index >= 15 is 0 Å². The van der Waals surface area contributed by atoms with Crippen molar-refractivity contribution in [2.24, 2.45) is 5.92 Å². The Bertz CT molecular complexity index is 971. The van der Waals surface area contributed by atoms with E-state index in [2.05, 4.69) is 20.5 Å². The highest BCUT2D eigenvalue weighted by Gasteiger charge is 2.29. The van der Waals surface area contributed by atoms with Crippen molar-refractivity contribution in [1.29, 1.82) is 0 Å². The summed E-state index contributed by atoms with van der Waals surface area (Å²) in [7, 11) is 0. The van der Waals surface area contributed by atoms with Crippen LogP contribution in [-0.2, 0) is 11.3 Å². The van der Waals surface area contributed by atoms with Crippen LogP contribution in [0.2, 0.25) is 0 Å². The zero-order valence-corrected chi connectivity index (χ0v) is 16.0. The first kappa shape index (κ1) is 18.9. The molecule has 3 aromatic rings. The van der Waals surface area contributed by atoms with Gasteiger partial charge in [-0.3, -0.25) is 19.7 Å². The predicted molar refractivity (Wildman–Crippen MR) is 109 cm³/mol. The van der Waals surface area contributed by atoms with Gasteiger partial charge in [0.2, 0.25) is 5.91 Å². The van der Waals surface area contributed by atoms with Gasteiger partial charge < -0.3 is 10.2 Å². The zero-order valence-electron chi connectivity index (χ0n) is 16.0. The molecule has 2 N–H and O–H groups in total. The Hall–Kier alpha value is -3.48. The summed E-state index contributed by atoms with van der Waals surface area (Å²) in [5.41, 5.74) is 2.81. The van der Waals surface area contributed by atoms with Gasteiger partial charge in [-0.1, -0.05) is 36.4 Å². The van der Waals surface area contributed by atoms with Gasteiger partial charge in [-0.2, -0.15) is 5.10 Å². The van der Waals surface area contributed by atoms with E-state index in [9.17, 15) is 9.59 Å². The van der Waals surface area contributed by atoms with Crippen molar-refractivity contribution in [3.05, 3.63) is 72.1 Å². The van der Waals surface area contributed by atoms with E-state index < -0.39 is 0 Å². The molecule has 148 valence electrons. The molecule has 7 nitrogen and oxygen atoms in total. The minimum atomic E-state index is -0.199. The Balaban J connectivity index is 1.37. The van der Waals surface area contributed by atoms with Gasteiger partial charge in [0.15, 0.2) is 0 Å². The number of nitrogens with one attached hydrogen (secondary N) is 2. The maximum Gasteiger partial charge on any atom is 0.271 e. The van der Waals surface area contributed by atoms with Crippen LogP contribution in [0.4, 0.5) is 0 Å². The molecule has 3 heterocycles. The molecule has 2 aromatic heterocycles. The Morgan fingerprint density at radius 3 is 2.72 bits per heavy atom. The topological polar surface area (TPSA) is 91.0 Å². The molecular weight excluding hydrogens is 366 g/mol. The highest BCUT2D eigenvalue weighted by atomic mass is 16.2. The maximum absolute atomic E-state index is 12.9. The van der Waals surface area contributed by atoms with Crippen molar-refractivity contribution in [2.75, 3.05) is 13.1 Å². The summed E-state index contributed by atoms with van der Waals surface area (Å²) in [6.07, 6.45) is 3.28. The number of hydrogen-bond acceptors (Lipinski definition) is 4. The van der Waals surface area contributed by atoms with Crippen molar-refractivity contribution in [3.63, 3.8) is 0 Å². The van der Waals surface area contributed by atoms with Gasteiger partial charge in [0.25, 0.3) is 5.91 Å². The third-order valence-corrected chi connectivity index (χ3v) is 5.12. The number of carbonyl (C=O) groups is 2. The molecule has 1 atom stereocenters. The zero-order chi connectivity index (χ0) is 20.1. The second-order valence-electron chi connectivity index (χ2n) is 7.18. The Morgan fingerprint density at radius 2 is 1.93 bits per heavy atom. The van der Waals surface area contributed by atoms with E-state index in [0.29, 0.717) is 36.7 Å². The predicted octanol–water partition coefficient (Wildman–Crippen LogP) is 2.64. The van der Waals surface area contributed by atoms with Crippen LogP contribution in [-0.4, -0.2) is 45.0 Å². The molecule has 4 rings (SSSR count). The summed E-state index contributed by atoms with van der Waals surface area (Å²) >= 11 is 0. The Kier molecular flexibility index (Phi) is 5.65. The molecular formula is C22H23N5O2. The number of rotatable bonds is 5. The summed E-state index contributed by atoms with van der Waals surface area (Å²) in [4.78, 5) is 31.5. The first-order chi connectivity index (χ1) is 14.2. The van der Waals surface area contributed by atoms with Crippen molar-refractivity contribution in [2.45, 2.75) is 19.4 Å². The first-order valence-electron chi connectivity index (χ1n) is 9.78. The number of benzene rings is 1. The number of likely N-dealkylation sites (tertiary alicyclic amines) is 1. The van der Waals surface area contributed by atoms with Crippen LogP contribution >= 0.6 is 0 Å². The van der Waals surface area contributed by atoms with E-state index in [1.165, 1.54) is 0 Å². The Labute approximate surface area is 169 Å². The van der Waals surface area contributed by atoms with Crippen LogP contribution in [0.15, 0.2) is 60.8 Å². The fourth-order valence-corrected chi connectivity index (χ4v) is 3.55. The highest BCUT2D eigenvalue weighted by molar-refractivity contribution is 5.93. The van der Waals surface area contributed by atoms with Crippen LogP contribution in [0.5, 0.6) is 0 Å². The van der Waals surface area contributed by atoms with E-state index in [4.69, 9.17) is 0 Å². The van der Waals surface area contributed by atoms with Crippen LogP contribution in [0.1, 0.15) is 28.9 Å². The molecule has 0 bridgehead atoms. The summed E-state index contributed by atoms with van der Waals surface area (Å²) in [6, 6.07) is 17.1. The number of amides is 2. The van der Waals surface area contributed by atoms with Crippen molar-refractivity contribution >= 4 is 11.8 Å². The SMILES string of the molecule is O=C(NCc1ccccc1)[C@H]1CCCN(C(=O)c2cc(-c3ccccn3)n[nH]2)C1. The minimum Gasteiger partial charge on any atom is -0.352 e. The lowest BCUT2D eigenvalue weighted by molar-refractivity contribution is -0.126. The van der Waals surface area contributed by atoms with Gasteiger partial charge in [0.05, 0.1) is 11.6 Å². The van der Waals surface area contributed by atoms with Crippen LogP contribution < -0.4 is 5.32 Å². The maximum atomic E-state index is 12.9. The smallest absolute Gasteiger partial charge is 0.271 e. The molecule has 2 amide bonds. The minimum absolute atomic E-state index is 0.00913. The molecule has 0 unspecified atom stereocenters. The number of piperidine rings is 1. The lowest BCUT2D eigenvalue weighted by Gasteiger charge is -2.31. The molecule has 0 radical (unpaired) electrons. The Morgan fingerprint density at radius 1 is 1.10 bits per heavy atom. The number of H-pyrrole nitrogens is 1. The molecule has 0 spiro atoms. The second-order valence-corrected chi connectivity index (χ2v) is 7.18. The summed E-state index contributed by atoms with van der Waals surface area (Å²) in [5.74, 6) is -0.347. The molecule has 29 heavy (non-hydrogen) atoms. The van der Waals surface area contributed by atoms with E-state index in [1.807, 2.05) is 48.5 Å². The number of hydrogen-bond donors (Lipinski definition) is 2. The van der Waals surface area contributed by atoms with Crippen LogP contribution in [0.25, 0.3) is 11.4 Å². The monoisotopic (exact) mass is 389 g/mol. The van der Waals surface area contributed by atoms with Crippen molar-refractivity contribution in [3.8, 4) is 11.4 Å². The normalized spacial score (nSPS) is 16.4. The van der Waals surface area contributed by atoms with Gasteiger partial charge in [0, 0.05) is 25.8 Å². The molecule has 7 heteroatoms. The van der Waals surface area contributed by atoms with Gasteiger partial charge in [-0.05, 0) is 36.6 Å². The van der Waals surface area contributed by atoms with Crippen LogP contribution in [0, 0.1) is 5.92 Å². The van der Waals surface area contributed by atoms with E-state index in [-0.39, 0.29) is 17.7 Å². The van der Waals surface area contributed by atoms with Crippen molar-refractivity contribution in [1.82, 2.24) is 25.4 Å². The van der Waals surface area contributed by atoms with Gasteiger partial charge in [-0.15, -0.1) is 0 Å². The van der Waals surface area contributed by atoms with Gasteiger partial charge >= 0.3 is 0 Å². The van der Waals surface area contributed by atoms with Crippen molar-refractivity contribution < 1.29 is 9.59 Å². The number of aromatic nitrogens is 3. The molecule has 0 aliphatic carbocycles. The standard InChI is InChI=1S/C22H23N5O2/c28-21(24-14-16-7-2-1-3-8-16)17-9-6-12-27(15-17)22(29)20-13-19(25-26-20)18-10-4-5-11-23-18/h1-5,7-8,10-11,13,17H,6,9,12,14-15H2,(H,24,28)(H,25,26)/t17-/m0/s1. The fraction of sp³-hybridized carbons (Fsp3) is 0.273. The average molecular weight is 389 g/mol. The summed E-state index contributed by atoms with van der Waals surface area (Å²) in [6.45, 7) is 1.55. The number of aromatic amines is 1. The second kappa shape index (κ2) is 8.68. The quantitative estimate of drug-likeness (QED) is 0.702. The highest BCUT2D eigenvalue weighted by Crippen LogP contribution is 2.20. The third-order valence-electron chi connectivity index (χ3n) is 5.12. The first-order valence-corrected chi connectivity index (χ1v) is 9.78. The number of nitrogens with zero attached hydrogens (tertiary/aromatic N) is 3. The molecule has 1 aliphatic rings. The van der Waals surface area contributed by atoms with Crippen LogP contribution in [0.3, 0.4) is 0 Å². The molecule has 1 aromatic carbocycles. The summed E-state index contributed by atoms with van der Waals surface area (Å²) in [5, 5.41) is 10.0. The fourth-order valence-electron chi connectivity index (χ4n) is 3.55. The molecule has 0 saturated carbocycles. The van der Waals surface area contributed by atoms with Gasteiger partial charge in [0.1, 0.15) is 11.4 Å².